The zero-order valence-electron chi connectivity index (χ0n) is 15.1. The van der Waals surface area contributed by atoms with Gasteiger partial charge in [0, 0.05) is 11.6 Å². The lowest BCUT2D eigenvalue weighted by Gasteiger charge is -2.14. The molecule has 1 fully saturated rings. The minimum Gasteiger partial charge on any atom is -0.494 e. The summed E-state index contributed by atoms with van der Waals surface area (Å²) in [5, 5.41) is 7.37. The Bertz CT molecular complexity index is 685. The first-order valence-corrected chi connectivity index (χ1v) is 9.21. The molecule has 25 heavy (non-hydrogen) atoms. The molecule has 0 bridgehead atoms. The number of nitrogens with one attached hydrogen (secondary N) is 1. The van der Waals surface area contributed by atoms with Crippen LogP contribution >= 0.6 is 0 Å². The largest absolute Gasteiger partial charge is 0.494 e. The molecular weight excluding hydrogens is 314 g/mol. The Labute approximate surface area is 149 Å². The van der Waals surface area contributed by atoms with Crippen LogP contribution < -0.4 is 10.1 Å². The normalized spacial score (nSPS) is 14.8. The molecule has 1 aliphatic rings. The predicted octanol–water partition coefficient (Wildman–Crippen LogP) is 4.68. The number of hydrogen-bond acceptors (Lipinski definition) is 3. The first kappa shape index (κ1) is 17.5. The van der Waals surface area contributed by atoms with Crippen molar-refractivity contribution in [2.24, 2.45) is 5.92 Å². The molecule has 1 amide bonds. The standard InChI is InChI=1S/C20H27N3O2/c1-15(2)12-14-25-18-9-7-16(8-10-18)20(24)22-19-11-13-21-23(19)17-5-3-4-6-17/h7-11,13,15,17H,3-6,12,14H2,1-2H3,(H,22,24). The van der Waals surface area contributed by atoms with Gasteiger partial charge in [0.2, 0.25) is 0 Å². The molecule has 1 aliphatic carbocycles. The molecule has 1 N–H and O–H groups in total. The number of rotatable bonds is 7. The second-order valence-corrected chi connectivity index (χ2v) is 7.11. The van der Waals surface area contributed by atoms with Crippen molar-refractivity contribution in [2.45, 2.75) is 52.0 Å². The molecular formula is C20H27N3O2. The fraction of sp³-hybridized carbons (Fsp3) is 0.500. The number of anilines is 1. The number of nitrogens with zero attached hydrogens (tertiary/aromatic N) is 2. The molecule has 0 saturated heterocycles. The monoisotopic (exact) mass is 341 g/mol. The van der Waals surface area contributed by atoms with Gasteiger partial charge in [-0.25, -0.2) is 4.68 Å². The summed E-state index contributed by atoms with van der Waals surface area (Å²) in [6.45, 7) is 5.05. The zero-order chi connectivity index (χ0) is 17.6. The van der Waals surface area contributed by atoms with E-state index in [1.54, 1.807) is 18.3 Å². The second-order valence-electron chi connectivity index (χ2n) is 7.11. The zero-order valence-corrected chi connectivity index (χ0v) is 15.1. The van der Waals surface area contributed by atoms with E-state index in [1.165, 1.54) is 12.8 Å². The topological polar surface area (TPSA) is 56.1 Å². The van der Waals surface area contributed by atoms with Crippen LogP contribution in [0.25, 0.3) is 0 Å². The van der Waals surface area contributed by atoms with Gasteiger partial charge in [-0.1, -0.05) is 26.7 Å². The molecule has 134 valence electrons. The van der Waals surface area contributed by atoms with Crippen molar-refractivity contribution in [1.29, 1.82) is 0 Å². The van der Waals surface area contributed by atoms with Crippen LogP contribution in [0.5, 0.6) is 5.75 Å². The quantitative estimate of drug-likeness (QED) is 0.796. The number of carbonyl (C=O) groups excluding carboxylic acids is 1. The van der Waals surface area contributed by atoms with Crippen molar-refractivity contribution in [1.82, 2.24) is 9.78 Å². The molecule has 1 aromatic heterocycles. The highest BCUT2D eigenvalue weighted by atomic mass is 16.5. The molecule has 3 rings (SSSR count). The minimum absolute atomic E-state index is 0.117. The molecule has 5 nitrogen and oxygen atoms in total. The van der Waals surface area contributed by atoms with Crippen molar-refractivity contribution in [3.8, 4) is 5.75 Å². The van der Waals surface area contributed by atoms with Crippen LogP contribution in [-0.2, 0) is 0 Å². The Hall–Kier alpha value is -2.30. The van der Waals surface area contributed by atoms with Gasteiger partial charge in [0.1, 0.15) is 11.6 Å². The fourth-order valence-electron chi connectivity index (χ4n) is 3.16. The summed E-state index contributed by atoms with van der Waals surface area (Å²) in [6.07, 6.45) is 7.50. The lowest BCUT2D eigenvalue weighted by Crippen LogP contribution is -2.17. The maximum absolute atomic E-state index is 12.5. The Morgan fingerprint density at radius 1 is 1.24 bits per heavy atom. The van der Waals surface area contributed by atoms with Gasteiger partial charge in [0.15, 0.2) is 0 Å². The van der Waals surface area contributed by atoms with Gasteiger partial charge >= 0.3 is 0 Å². The van der Waals surface area contributed by atoms with Crippen molar-refractivity contribution in [3.63, 3.8) is 0 Å². The first-order valence-electron chi connectivity index (χ1n) is 9.21. The van der Waals surface area contributed by atoms with E-state index in [0.717, 1.165) is 30.8 Å². The number of ether oxygens (including phenoxy) is 1. The van der Waals surface area contributed by atoms with E-state index in [9.17, 15) is 4.79 Å². The number of benzene rings is 1. The van der Waals surface area contributed by atoms with Crippen molar-refractivity contribution < 1.29 is 9.53 Å². The Kier molecular flexibility index (Phi) is 5.74. The molecule has 0 spiro atoms. The molecule has 1 aromatic carbocycles. The third-order valence-electron chi connectivity index (χ3n) is 4.66. The third-order valence-corrected chi connectivity index (χ3v) is 4.66. The smallest absolute Gasteiger partial charge is 0.256 e. The third kappa shape index (κ3) is 4.62. The van der Waals surface area contributed by atoms with Crippen LogP contribution in [0, 0.1) is 5.92 Å². The van der Waals surface area contributed by atoms with Gasteiger partial charge in [-0.05, 0) is 49.4 Å². The summed E-state index contributed by atoms with van der Waals surface area (Å²) in [5.41, 5.74) is 0.621. The van der Waals surface area contributed by atoms with Crippen LogP contribution in [0.2, 0.25) is 0 Å². The summed E-state index contributed by atoms with van der Waals surface area (Å²) >= 11 is 0. The Balaban J connectivity index is 1.59. The highest BCUT2D eigenvalue weighted by molar-refractivity contribution is 6.03. The van der Waals surface area contributed by atoms with E-state index < -0.39 is 0 Å². The Morgan fingerprint density at radius 3 is 2.64 bits per heavy atom. The molecule has 1 heterocycles. The van der Waals surface area contributed by atoms with E-state index in [0.29, 0.717) is 24.1 Å². The van der Waals surface area contributed by atoms with Gasteiger partial charge in [-0.2, -0.15) is 5.10 Å². The lowest BCUT2D eigenvalue weighted by molar-refractivity contribution is 0.102. The second kappa shape index (κ2) is 8.19. The van der Waals surface area contributed by atoms with E-state index in [4.69, 9.17) is 4.74 Å². The predicted molar refractivity (Wildman–Crippen MR) is 99.1 cm³/mol. The van der Waals surface area contributed by atoms with Crippen LogP contribution in [0.3, 0.4) is 0 Å². The summed E-state index contributed by atoms with van der Waals surface area (Å²) < 4.78 is 7.65. The summed E-state index contributed by atoms with van der Waals surface area (Å²) in [6, 6.07) is 9.57. The number of amides is 1. The average molecular weight is 341 g/mol. The van der Waals surface area contributed by atoms with Gasteiger partial charge in [0.05, 0.1) is 18.8 Å². The van der Waals surface area contributed by atoms with Gasteiger partial charge in [-0.15, -0.1) is 0 Å². The SMILES string of the molecule is CC(C)CCOc1ccc(C(=O)Nc2ccnn2C2CCCC2)cc1. The summed E-state index contributed by atoms with van der Waals surface area (Å²) in [7, 11) is 0. The van der Waals surface area contributed by atoms with E-state index in [1.807, 2.05) is 22.9 Å². The van der Waals surface area contributed by atoms with E-state index >= 15 is 0 Å². The molecule has 0 unspecified atom stereocenters. The van der Waals surface area contributed by atoms with Crippen molar-refractivity contribution in [3.05, 3.63) is 42.1 Å². The van der Waals surface area contributed by atoms with Gasteiger partial charge in [-0.3, -0.25) is 4.79 Å². The summed E-state index contributed by atoms with van der Waals surface area (Å²) in [4.78, 5) is 12.5. The number of aromatic nitrogens is 2. The fourth-order valence-corrected chi connectivity index (χ4v) is 3.16. The number of hydrogen-bond donors (Lipinski definition) is 1. The molecule has 0 aliphatic heterocycles. The average Bonchev–Trinajstić information content (AvgIpc) is 3.26. The highest BCUT2D eigenvalue weighted by Crippen LogP contribution is 2.31. The van der Waals surface area contributed by atoms with Crippen molar-refractivity contribution >= 4 is 11.7 Å². The maximum Gasteiger partial charge on any atom is 0.256 e. The molecule has 2 aromatic rings. The molecule has 0 atom stereocenters. The lowest BCUT2D eigenvalue weighted by atomic mass is 10.1. The highest BCUT2D eigenvalue weighted by Gasteiger charge is 2.20. The van der Waals surface area contributed by atoms with Crippen LogP contribution in [0.15, 0.2) is 36.5 Å². The number of carbonyl (C=O) groups is 1. The maximum atomic E-state index is 12.5. The minimum atomic E-state index is -0.117. The van der Waals surface area contributed by atoms with Crippen LogP contribution in [0.1, 0.15) is 62.4 Å². The van der Waals surface area contributed by atoms with Crippen LogP contribution in [-0.4, -0.2) is 22.3 Å². The van der Waals surface area contributed by atoms with Gasteiger partial charge < -0.3 is 10.1 Å². The first-order chi connectivity index (χ1) is 12.1. The van der Waals surface area contributed by atoms with E-state index in [2.05, 4.69) is 24.3 Å². The van der Waals surface area contributed by atoms with Crippen LogP contribution in [0.4, 0.5) is 5.82 Å². The molecule has 1 saturated carbocycles. The van der Waals surface area contributed by atoms with E-state index in [-0.39, 0.29) is 5.91 Å². The molecule has 0 radical (unpaired) electrons. The Morgan fingerprint density at radius 2 is 1.96 bits per heavy atom. The summed E-state index contributed by atoms with van der Waals surface area (Å²) in [5.74, 6) is 2.07. The molecule has 5 heteroatoms. The van der Waals surface area contributed by atoms with Gasteiger partial charge in [0.25, 0.3) is 5.91 Å². The van der Waals surface area contributed by atoms with Crippen molar-refractivity contribution in [2.75, 3.05) is 11.9 Å².